The van der Waals surface area contributed by atoms with Gasteiger partial charge in [-0.25, -0.2) is 0 Å². The van der Waals surface area contributed by atoms with E-state index >= 15 is 0 Å². The third-order valence-corrected chi connectivity index (χ3v) is 4.00. The summed E-state index contributed by atoms with van der Waals surface area (Å²) in [7, 11) is 2.99. The summed E-state index contributed by atoms with van der Waals surface area (Å²) >= 11 is 0. The van der Waals surface area contributed by atoms with E-state index in [1.165, 1.54) is 7.11 Å². The summed E-state index contributed by atoms with van der Waals surface area (Å²) in [5.41, 5.74) is 0.937. The van der Waals surface area contributed by atoms with Crippen LogP contribution in [-0.2, 0) is 20.7 Å². The number of methoxy groups -OCH3 is 2. The minimum absolute atomic E-state index is 0.0343. The zero-order valence-corrected chi connectivity index (χ0v) is 15.2. The monoisotopic (exact) mass is 335 g/mol. The van der Waals surface area contributed by atoms with Crippen LogP contribution in [0.4, 0.5) is 0 Å². The zero-order valence-electron chi connectivity index (χ0n) is 15.2. The number of hydrogen-bond donors (Lipinski definition) is 0. The number of esters is 1. The molecule has 0 aliphatic heterocycles. The molecule has 0 N–H and O–H groups in total. The molecule has 0 aliphatic carbocycles. The molecular formula is C19H29NO4. The lowest BCUT2D eigenvalue weighted by atomic mass is 10.1. The van der Waals surface area contributed by atoms with E-state index in [-0.39, 0.29) is 17.8 Å². The average Bonchev–Trinajstić information content (AvgIpc) is 2.60. The number of amides is 1. The topological polar surface area (TPSA) is 55.8 Å². The Hall–Kier alpha value is -2.04. The van der Waals surface area contributed by atoms with Crippen molar-refractivity contribution in [1.82, 2.24) is 4.90 Å². The highest BCUT2D eigenvalue weighted by molar-refractivity contribution is 5.80. The van der Waals surface area contributed by atoms with E-state index in [1.807, 2.05) is 24.3 Å². The molecule has 0 aliphatic rings. The van der Waals surface area contributed by atoms with Crippen molar-refractivity contribution in [3.8, 4) is 5.75 Å². The maximum Gasteiger partial charge on any atom is 0.310 e. The number of nitrogens with zero attached hydrogens (tertiary/aromatic N) is 1. The molecule has 1 aromatic rings. The van der Waals surface area contributed by atoms with Crippen molar-refractivity contribution >= 4 is 11.9 Å². The first-order valence-corrected chi connectivity index (χ1v) is 8.50. The van der Waals surface area contributed by atoms with Gasteiger partial charge in [0.05, 0.1) is 26.6 Å². The van der Waals surface area contributed by atoms with Gasteiger partial charge in [-0.15, -0.1) is 0 Å². The van der Waals surface area contributed by atoms with Crippen LogP contribution >= 0.6 is 0 Å². The standard InChI is InChI=1S/C19H29NO4/c1-5-6-7-12-20(14-15(2)19(22)24-4)18(21)13-16-8-10-17(23-3)11-9-16/h8-11,15H,5-7,12-14H2,1-4H3. The van der Waals surface area contributed by atoms with Gasteiger partial charge in [0.15, 0.2) is 0 Å². The molecule has 24 heavy (non-hydrogen) atoms. The molecule has 1 amide bonds. The van der Waals surface area contributed by atoms with Crippen molar-refractivity contribution < 1.29 is 19.1 Å². The van der Waals surface area contributed by atoms with Crippen molar-refractivity contribution in [2.24, 2.45) is 5.92 Å². The highest BCUT2D eigenvalue weighted by atomic mass is 16.5. The molecule has 1 unspecified atom stereocenters. The highest BCUT2D eigenvalue weighted by Crippen LogP contribution is 2.14. The largest absolute Gasteiger partial charge is 0.497 e. The van der Waals surface area contributed by atoms with Crippen LogP contribution in [0.3, 0.4) is 0 Å². The second-order valence-corrected chi connectivity index (χ2v) is 6.00. The van der Waals surface area contributed by atoms with E-state index < -0.39 is 0 Å². The predicted octanol–water partition coefficient (Wildman–Crippen LogP) is 3.07. The fraction of sp³-hybridized carbons (Fsp3) is 0.579. The smallest absolute Gasteiger partial charge is 0.310 e. The number of hydrogen-bond acceptors (Lipinski definition) is 4. The van der Waals surface area contributed by atoms with Gasteiger partial charge in [-0.05, 0) is 24.1 Å². The van der Waals surface area contributed by atoms with E-state index in [2.05, 4.69) is 6.92 Å². The van der Waals surface area contributed by atoms with Crippen LogP contribution < -0.4 is 4.74 Å². The Morgan fingerprint density at radius 1 is 1.12 bits per heavy atom. The number of ether oxygens (including phenoxy) is 2. The fourth-order valence-corrected chi connectivity index (χ4v) is 2.51. The maximum atomic E-state index is 12.7. The minimum atomic E-state index is -0.323. The zero-order chi connectivity index (χ0) is 17.9. The molecule has 0 radical (unpaired) electrons. The van der Waals surface area contributed by atoms with Crippen LogP contribution in [0.5, 0.6) is 5.75 Å². The lowest BCUT2D eigenvalue weighted by Gasteiger charge is -2.25. The Labute approximate surface area is 144 Å². The van der Waals surface area contributed by atoms with Crippen molar-refractivity contribution in [3.05, 3.63) is 29.8 Å². The van der Waals surface area contributed by atoms with Crippen LogP contribution in [-0.4, -0.2) is 44.1 Å². The third kappa shape index (κ3) is 6.60. The van der Waals surface area contributed by atoms with E-state index in [9.17, 15) is 9.59 Å². The number of unbranched alkanes of at least 4 members (excludes halogenated alkanes) is 2. The summed E-state index contributed by atoms with van der Waals surface area (Å²) < 4.78 is 9.90. The van der Waals surface area contributed by atoms with Crippen LogP contribution in [0.2, 0.25) is 0 Å². The van der Waals surface area contributed by atoms with Gasteiger partial charge in [-0.2, -0.15) is 0 Å². The Morgan fingerprint density at radius 3 is 2.33 bits per heavy atom. The molecule has 0 fully saturated rings. The summed E-state index contributed by atoms with van der Waals surface area (Å²) in [5.74, 6) is 0.196. The molecule has 1 rings (SSSR count). The summed E-state index contributed by atoms with van der Waals surface area (Å²) in [6, 6.07) is 7.48. The third-order valence-electron chi connectivity index (χ3n) is 4.00. The molecule has 0 saturated heterocycles. The summed E-state index contributed by atoms with van der Waals surface area (Å²) in [6.07, 6.45) is 3.43. The first kappa shape index (κ1) is 20.0. The van der Waals surface area contributed by atoms with Crippen molar-refractivity contribution in [3.63, 3.8) is 0 Å². The van der Waals surface area contributed by atoms with Crippen LogP contribution in [0.1, 0.15) is 38.7 Å². The minimum Gasteiger partial charge on any atom is -0.497 e. The average molecular weight is 335 g/mol. The molecule has 5 nitrogen and oxygen atoms in total. The van der Waals surface area contributed by atoms with Crippen molar-refractivity contribution in [2.45, 2.75) is 39.5 Å². The SMILES string of the molecule is CCCCCN(CC(C)C(=O)OC)C(=O)Cc1ccc(OC)cc1. The van der Waals surface area contributed by atoms with E-state index in [4.69, 9.17) is 9.47 Å². The second kappa shape index (κ2) is 10.7. The van der Waals surface area contributed by atoms with Crippen LogP contribution in [0.25, 0.3) is 0 Å². The predicted molar refractivity (Wildman–Crippen MR) is 94.0 cm³/mol. The first-order valence-electron chi connectivity index (χ1n) is 8.50. The van der Waals surface area contributed by atoms with Gasteiger partial charge in [0.2, 0.25) is 5.91 Å². The van der Waals surface area contributed by atoms with Gasteiger partial charge in [-0.3, -0.25) is 9.59 Å². The van der Waals surface area contributed by atoms with Gasteiger partial charge >= 0.3 is 5.97 Å². The normalized spacial score (nSPS) is 11.7. The van der Waals surface area contributed by atoms with Crippen LogP contribution in [0.15, 0.2) is 24.3 Å². The molecule has 0 bridgehead atoms. The maximum absolute atomic E-state index is 12.7. The van der Waals surface area contributed by atoms with Gasteiger partial charge in [0.25, 0.3) is 0 Å². The second-order valence-electron chi connectivity index (χ2n) is 6.00. The molecule has 134 valence electrons. The molecule has 1 aromatic carbocycles. The van der Waals surface area contributed by atoms with Gasteiger partial charge in [-0.1, -0.05) is 38.8 Å². The lowest BCUT2D eigenvalue weighted by Crippen LogP contribution is -2.38. The Morgan fingerprint density at radius 2 is 1.79 bits per heavy atom. The van der Waals surface area contributed by atoms with Crippen molar-refractivity contribution in [1.29, 1.82) is 0 Å². The molecule has 0 heterocycles. The quantitative estimate of drug-likeness (QED) is 0.487. The number of carbonyl (C=O) groups is 2. The van der Waals surface area contributed by atoms with Gasteiger partial charge in [0, 0.05) is 13.1 Å². The number of benzene rings is 1. The Balaban J connectivity index is 2.71. The highest BCUT2D eigenvalue weighted by Gasteiger charge is 2.21. The van der Waals surface area contributed by atoms with Crippen molar-refractivity contribution in [2.75, 3.05) is 27.3 Å². The summed E-state index contributed by atoms with van der Waals surface area (Å²) in [5, 5.41) is 0. The fourth-order valence-electron chi connectivity index (χ4n) is 2.51. The molecule has 0 saturated carbocycles. The van der Waals surface area contributed by atoms with Crippen LogP contribution in [0, 0.1) is 5.92 Å². The molecule has 5 heteroatoms. The summed E-state index contributed by atoms with van der Waals surface area (Å²) in [6.45, 7) is 4.98. The lowest BCUT2D eigenvalue weighted by molar-refractivity contribution is -0.146. The molecule has 0 spiro atoms. The number of rotatable bonds is 10. The first-order chi connectivity index (χ1) is 11.5. The number of carbonyl (C=O) groups excluding carboxylic acids is 2. The van der Waals surface area contributed by atoms with Gasteiger partial charge < -0.3 is 14.4 Å². The summed E-state index contributed by atoms with van der Waals surface area (Å²) in [4.78, 5) is 26.1. The van der Waals surface area contributed by atoms with E-state index in [0.29, 0.717) is 19.5 Å². The Bertz CT molecular complexity index is 513. The van der Waals surface area contributed by atoms with E-state index in [1.54, 1.807) is 18.9 Å². The van der Waals surface area contributed by atoms with E-state index in [0.717, 1.165) is 30.6 Å². The molecule has 0 aromatic heterocycles. The Kier molecular flexibility index (Phi) is 8.90. The molecular weight excluding hydrogens is 306 g/mol. The van der Waals surface area contributed by atoms with Gasteiger partial charge in [0.1, 0.15) is 5.75 Å². The molecule has 1 atom stereocenters.